The number of carbonyl (C=O) groups is 1. The molecule has 0 aromatic carbocycles. The summed E-state index contributed by atoms with van der Waals surface area (Å²) >= 11 is 0. The van der Waals surface area contributed by atoms with E-state index in [-0.39, 0.29) is 24.2 Å². The largest absolute Gasteiger partial charge is 0.431 e. The summed E-state index contributed by atoms with van der Waals surface area (Å²) in [4.78, 5) is 24.6. The zero-order valence-corrected chi connectivity index (χ0v) is 23.3. The van der Waals surface area contributed by atoms with E-state index in [4.69, 9.17) is 13.9 Å². The van der Waals surface area contributed by atoms with Crippen LogP contribution in [-0.4, -0.2) is 91.5 Å². The minimum atomic E-state index is -1.57. The molecule has 1 saturated heterocycles. The molecule has 4 saturated carbocycles. The smallest absolute Gasteiger partial charge is 0.335 e. The molecule has 41 heavy (non-hydrogen) atoms. The van der Waals surface area contributed by atoms with E-state index in [1.807, 2.05) is 0 Å². The van der Waals surface area contributed by atoms with Crippen molar-refractivity contribution in [2.75, 3.05) is 6.61 Å². The van der Waals surface area contributed by atoms with Crippen molar-refractivity contribution >= 4 is 6.29 Å². The number of carbonyl (C=O) groups excluding carboxylic acids is 1. The Morgan fingerprint density at radius 3 is 2.41 bits per heavy atom. The van der Waals surface area contributed by atoms with Crippen molar-refractivity contribution in [2.24, 2.45) is 22.7 Å². The molecule has 5 fully saturated rings. The van der Waals surface area contributed by atoms with Gasteiger partial charge >= 0.3 is 5.63 Å². The van der Waals surface area contributed by atoms with Gasteiger partial charge in [-0.15, -0.1) is 0 Å². The van der Waals surface area contributed by atoms with Gasteiger partial charge in [-0.2, -0.15) is 0 Å². The fourth-order valence-electron chi connectivity index (χ4n) is 9.72. The van der Waals surface area contributed by atoms with Crippen LogP contribution in [0.3, 0.4) is 0 Å². The van der Waals surface area contributed by atoms with Crippen LogP contribution in [0.5, 0.6) is 0 Å². The maximum Gasteiger partial charge on any atom is 0.335 e. The van der Waals surface area contributed by atoms with E-state index in [0.29, 0.717) is 44.9 Å². The quantitative estimate of drug-likeness (QED) is 0.209. The minimum Gasteiger partial charge on any atom is -0.431 e. The Labute approximate surface area is 238 Å². The number of rotatable bonds is 5. The molecule has 11 heteroatoms. The van der Waals surface area contributed by atoms with Crippen LogP contribution < -0.4 is 5.63 Å². The predicted molar refractivity (Wildman–Crippen MR) is 141 cm³/mol. The Balaban J connectivity index is 1.22. The molecule has 4 aliphatic carbocycles. The first-order valence-corrected chi connectivity index (χ1v) is 14.9. The first-order chi connectivity index (χ1) is 19.4. The van der Waals surface area contributed by atoms with Gasteiger partial charge in [-0.3, -0.25) is 0 Å². The lowest BCUT2D eigenvalue weighted by Crippen LogP contribution is -2.69. The number of aliphatic hydroxyl groups excluding tert-OH is 4. The van der Waals surface area contributed by atoms with Crippen molar-refractivity contribution in [1.82, 2.24) is 0 Å². The summed E-state index contributed by atoms with van der Waals surface area (Å²) in [5.74, 6) is -0.402. The molecule has 6 rings (SSSR count). The Hall–Kier alpha value is -1.70. The molecule has 0 amide bonds. The lowest BCUT2D eigenvalue weighted by molar-refractivity contribution is -0.322. The molecule has 1 aromatic heterocycles. The maximum atomic E-state index is 13.0. The highest BCUT2D eigenvalue weighted by molar-refractivity contribution is 5.64. The summed E-state index contributed by atoms with van der Waals surface area (Å²) in [7, 11) is 0. The number of ether oxygens (including phenoxy) is 2. The van der Waals surface area contributed by atoms with E-state index >= 15 is 0 Å². The van der Waals surface area contributed by atoms with E-state index in [2.05, 4.69) is 6.92 Å². The van der Waals surface area contributed by atoms with E-state index < -0.39 is 71.1 Å². The van der Waals surface area contributed by atoms with Gasteiger partial charge in [0.2, 0.25) is 0 Å². The Morgan fingerprint density at radius 2 is 1.73 bits per heavy atom. The van der Waals surface area contributed by atoms with Crippen LogP contribution in [0.4, 0.5) is 0 Å². The summed E-state index contributed by atoms with van der Waals surface area (Å²) in [5, 5.41) is 64.7. The second-order valence-corrected chi connectivity index (χ2v) is 13.5. The zero-order valence-electron chi connectivity index (χ0n) is 23.3. The fourth-order valence-corrected chi connectivity index (χ4v) is 9.72. The van der Waals surface area contributed by atoms with E-state index in [0.717, 1.165) is 18.3 Å². The highest BCUT2D eigenvalue weighted by Gasteiger charge is 2.71. The summed E-state index contributed by atoms with van der Waals surface area (Å²) < 4.78 is 16.7. The first kappa shape index (κ1) is 29.4. The topological polar surface area (TPSA) is 187 Å². The van der Waals surface area contributed by atoms with Crippen LogP contribution in [0.2, 0.25) is 0 Å². The molecular formula is C30H42O11. The van der Waals surface area contributed by atoms with Gasteiger partial charge < -0.3 is 49.3 Å². The third-order valence-corrected chi connectivity index (χ3v) is 12.0. The third kappa shape index (κ3) is 4.15. The lowest BCUT2D eigenvalue weighted by Gasteiger charge is -2.65. The van der Waals surface area contributed by atoms with Gasteiger partial charge in [0.25, 0.3) is 0 Å². The van der Waals surface area contributed by atoms with Crippen LogP contribution in [0, 0.1) is 22.7 Å². The number of aldehydes is 1. The van der Waals surface area contributed by atoms with Gasteiger partial charge in [0.1, 0.15) is 30.7 Å². The van der Waals surface area contributed by atoms with E-state index in [1.54, 1.807) is 6.07 Å². The van der Waals surface area contributed by atoms with Crippen molar-refractivity contribution in [2.45, 2.75) is 119 Å². The maximum absolute atomic E-state index is 13.0. The van der Waals surface area contributed by atoms with Gasteiger partial charge in [0, 0.05) is 17.9 Å². The normalized spacial score (nSPS) is 51.3. The highest BCUT2D eigenvalue weighted by atomic mass is 16.7. The van der Waals surface area contributed by atoms with Crippen molar-refractivity contribution in [3.8, 4) is 0 Å². The van der Waals surface area contributed by atoms with Crippen LogP contribution in [0.15, 0.2) is 27.6 Å². The minimum absolute atomic E-state index is 0.00784. The van der Waals surface area contributed by atoms with E-state index in [9.17, 15) is 40.2 Å². The molecule has 11 nitrogen and oxygen atoms in total. The average molecular weight is 579 g/mol. The number of fused-ring (bicyclic) bond motifs is 5. The SMILES string of the molecule is C[C@]12CC[C@@H]3[C@@H](CC[C@@]4(O)C[C@@H](O[C@H]5O[C@H](CO)[C@@H](O)[C@H](O)[C@H]5O)CC[C@]34C=O)[C@@]1(O)CC[C@@H]2c1ccc(=O)oc1. The molecule has 1 aliphatic heterocycles. The summed E-state index contributed by atoms with van der Waals surface area (Å²) in [6.45, 7) is 1.53. The molecule has 13 atom stereocenters. The van der Waals surface area contributed by atoms with Gasteiger partial charge in [0.05, 0.1) is 35.6 Å². The number of hydrogen-bond donors (Lipinski definition) is 6. The second-order valence-electron chi connectivity index (χ2n) is 13.5. The summed E-state index contributed by atoms with van der Waals surface area (Å²) in [6.07, 6.45) is -0.939. The van der Waals surface area contributed by atoms with Crippen LogP contribution >= 0.6 is 0 Å². The summed E-state index contributed by atoms with van der Waals surface area (Å²) in [5.41, 5.74) is -3.50. The van der Waals surface area contributed by atoms with Crippen LogP contribution in [-0.2, 0) is 14.3 Å². The lowest BCUT2D eigenvalue weighted by atomic mass is 9.41. The molecule has 228 valence electrons. The molecule has 1 aromatic rings. The highest BCUT2D eigenvalue weighted by Crippen LogP contribution is 2.71. The summed E-state index contributed by atoms with van der Waals surface area (Å²) in [6, 6.07) is 3.19. The van der Waals surface area contributed by atoms with Crippen molar-refractivity contribution in [3.63, 3.8) is 0 Å². The molecule has 0 bridgehead atoms. The Kier molecular flexibility index (Phi) is 7.30. The number of aliphatic hydroxyl groups is 6. The van der Waals surface area contributed by atoms with E-state index in [1.165, 1.54) is 12.3 Å². The van der Waals surface area contributed by atoms with Gasteiger partial charge in [-0.05, 0) is 80.8 Å². The van der Waals surface area contributed by atoms with Gasteiger partial charge in [-0.25, -0.2) is 4.79 Å². The molecule has 0 spiro atoms. The van der Waals surface area contributed by atoms with Crippen molar-refractivity contribution in [3.05, 3.63) is 34.4 Å². The molecular weight excluding hydrogens is 536 g/mol. The first-order valence-electron chi connectivity index (χ1n) is 14.9. The average Bonchev–Trinajstić information content (AvgIpc) is 3.24. The second kappa shape index (κ2) is 10.2. The van der Waals surface area contributed by atoms with Gasteiger partial charge in [0.15, 0.2) is 6.29 Å². The number of hydrogen-bond acceptors (Lipinski definition) is 11. The molecule has 0 radical (unpaired) electrons. The van der Waals surface area contributed by atoms with Crippen molar-refractivity contribution in [1.29, 1.82) is 0 Å². The fraction of sp³-hybridized carbons (Fsp3) is 0.800. The molecule has 6 N–H and O–H groups in total. The Bertz CT molecular complexity index is 1180. The molecule has 0 unspecified atom stereocenters. The van der Waals surface area contributed by atoms with Crippen LogP contribution in [0.25, 0.3) is 0 Å². The predicted octanol–water partition coefficient (Wildman–Crippen LogP) is 0.360. The standard InChI is InChI=1S/C30H42O11/c1-27-8-5-19-20(30(27,38)11-7-18(27)16-2-3-22(33)39-14-16)6-10-29(37)12-17(4-9-28(19,29)15-32)40-26-25(36)24(35)23(34)21(13-31)41-26/h2-3,14-15,17-21,23-26,31,34-38H,4-13H2,1H3/t17-,18+,19+,20+,21+,23+,24-,25+,26-,27+,28-,29+,30-/m0/s1. The third-order valence-electron chi connectivity index (χ3n) is 12.0. The van der Waals surface area contributed by atoms with Gasteiger partial charge in [-0.1, -0.05) is 6.92 Å². The molecule has 2 heterocycles. The Morgan fingerprint density at radius 1 is 0.976 bits per heavy atom. The molecule has 5 aliphatic rings. The van der Waals surface area contributed by atoms with Crippen LogP contribution in [0.1, 0.15) is 76.2 Å². The zero-order chi connectivity index (χ0) is 29.4. The monoisotopic (exact) mass is 578 g/mol. The van der Waals surface area contributed by atoms with Crippen molar-refractivity contribution < 1.29 is 49.3 Å².